The van der Waals surface area contributed by atoms with E-state index in [4.69, 9.17) is 9.98 Å². The van der Waals surface area contributed by atoms with E-state index in [0.29, 0.717) is 6.04 Å². The maximum absolute atomic E-state index is 5.01. The van der Waals surface area contributed by atoms with E-state index in [1.165, 1.54) is 0 Å². The molecule has 2 aliphatic carbocycles. The number of pyridine rings is 1. The summed E-state index contributed by atoms with van der Waals surface area (Å²) >= 11 is 3.55. The third kappa shape index (κ3) is 3.67. The highest BCUT2D eigenvalue weighted by Gasteiger charge is 2.21. The number of hydrogen-bond acceptors (Lipinski definition) is 4. The zero-order chi connectivity index (χ0) is 21.5. The van der Waals surface area contributed by atoms with Crippen LogP contribution in [0, 0.1) is 0 Å². The summed E-state index contributed by atoms with van der Waals surface area (Å²) in [7, 11) is 0. The highest BCUT2D eigenvalue weighted by Crippen LogP contribution is 2.31. The van der Waals surface area contributed by atoms with Gasteiger partial charge in [0.25, 0.3) is 0 Å². The Hall–Kier alpha value is -3.51. The van der Waals surface area contributed by atoms with Crippen molar-refractivity contribution in [2.75, 3.05) is 5.32 Å². The number of aromatic nitrogens is 3. The standard InChI is InChI=1S/C26H20BrN5/c27-17-7-11-20(12-8-17)32-25-6-2-1-5-21(25)31-24-14-22(30-19-4-3-13-28-16-19)23(15-26(24)32)29-18-9-10-18/h1-8,11-16,18,30H,9-10H2/b29-23+. The van der Waals surface area contributed by atoms with Gasteiger partial charge in [0.15, 0.2) is 0 Å². The summed E-state index contributed by atoms with van der Waals surface area (Å²) < 4.78 is 3.32. The zero-order valence-corrected chi connectivity index (χ0v) is 18.8. The lowest BCUT2D eigenvalue weighted by Gasteiger charge is -2.20. The summed E-state index contributed by atoms with van der Waals surface area (Å²) in [6.07, 6.45) is 5.89. The van der Waals surface area contributed by atoms with Crippen molar-refractivity contribution >= 4 is 38.3 Å². The van der Waals surface area contributed by atoms with Crippen molar-refractivity contribution in [3.63, 3.8) is 0 Å². The number of para-hydroxylation sites is 2. The second kappa shape index (κ2) is 7.88. The fourth-order valence-electron chi connectivity index (χ4n) is 3.91. The van der Waals surface area contributed by atoms with Crippen LogP contribution in [0.15, 0.2) is 94.7 Å². The molecule has 2 heterocycles. The molecule has 1 saturated carbocycles. The molecule has 1 fully saturated rings. The van der Waals surface area contributed by atoms with Gasteiger partial charge in [0, 0.05) is 16.4 Å². The lowest BCUT2D eigenvalue weighted by Crippen LogP contribution is -2.15. The minimum absolute atomic E-state index is 0.399. The van der Waals surface area contributed by atoms with Crippen molar-refractivity contribution in [2.24, 2.45) is 4.99 Å². The van der Waals surface area contributed by atoms with Crippen LogP contribution in [0.4, 0.5) is 11.4 Å². The number of nitrogens with zero attached hydrogens (tertiary/aromatic N) is 4. The molecule has 3 aliphatic rings. The van der Waals surface area contributed by atoms with Crippen LogP contribution in [0.5, 0.6) is 0 Å². The maximum Gasteiger partial charge on any atom is 0.0900 e. The van der Waals surface area contributed by atoms with Crippen LogP contribution in [0.1, 0.15) is 12.8 Å². The molecule has 1 aromatic heterocycles. The average molecular weight is 482 g/mol. The van der Waals surface area contributed by atoms with Crippen molar-refractivity contribution in [2.45, 2.75) is 18.9 Å². The van der Waals surface area contributed by atoms with Crippen LogP contribution < -0.4 is 10.7 Å². The molecule has 3 aromatic rings. The summed E-state index contributed by atoms with van der Waals surface area (Å²) in [5, 5.41) is 4.45. The third-order valence-electron chi connectivity index (χ3n) is 5.59. The fraction of sp³-hybridized carbons (Fsp3) is 0.115. The minimum Gasteiger partial charge on any atom is -0.352 e. The predicted molar refractivity (Wildman–Crippen MR) is 131 cm³/mol. The molecule has 0 amide bonds. The number of rotatable bonds is 4. The predicted octanol–water partition coefficient (Wildman–Crippen LogP) is 6.09. The topological polar surface area (TPSA) is 55.1 Å². The fourth-order valence-corrected chi connectivity index (χ4v) is 4.17. The molecular weight excluding hydrogens is 462 g/mol. The van der Waals surface area contributed by atoms with E-state index in [-0.39, 0.29) is 0 Å². The van der Waals surface area contributed by atoms with Crippen LogP contribution in [0.3, 0.4) is 0 Å². The molecule has 1 N–H and O–H groups in total. The van der Waals surface area contributed by atoms with Crippen molar-refractivity contribution in [3.8, 4) is 17.1 Å². The van der Waals surface area contributed by atoms with Crippen LogP contribution in [-0.2, 0) is 0 Å². The zero-order valence-electron chi connectivity index (χ0n) is 17.2. The molecule has 0 radical (unpaired) electrons. The van der Waals surface area contributed by atoms with Gasteiger partial charge in [0.2, 0.25) is 0 Å². The molecule has 0 spiro atoms. The Morgan fingerprint density at radius 1 is 0.969 bits per heavy atom. The van der Waals surface area contributed by atoms with Crippen LogP contribution in [0.25, 0.3) is 28.1 Å². The Kier molecular flexibility index (Phi) is 4.72. The Morgan fingerprint density at radius 3 is 2.59 bits per heavy atom. The summed E-state index contributed by atoms with van der Waals surface area (Å²) in [5.41, 5.74) is 6.91. The second-order valence-corrected chi connectivity index (χ2v) is 8.91. The van der Waals surface area contributed by atoms with Crippen LogP contribution in [0.2, 0.25) is 0 Å². The van der Waals surface area contributed by atoms with Gasteiger partial charge in [-0.15, -0.1) is 0 Å². The number of hydrogen-bond donors (Lipinski definition) is 1. The van der Waals surface area contributed by atoms with Crippen molar-refractivity contribution in [1.82, 2.24) is 14.5 Å². The number of halogens is 1. The normalized spacial score (nSPS) is 14.2. The lowest BCUT2D eigenvalue weighted by molar-refractivity contribution is 0.997. The Labute approximate surface area is 194 Å². The Bertz CT molecular complexity index is 1450. The van der Waals surface area contributed by atoms with Crippen molar-refractivity contribution in [1.29, 1.82) is 0 Å². The molecular formula is C26H20BrN5. The molecule has 32 heavy (non-hydrogen) atoms. The average Bonchev–Trinajstić information content (AvgIpc) is 3.64. The first-order valence-corrected chi connectivity index (χ1v) is 11.5. The van der Waals surface area contributed by atoms with Crippen LogP contribution in [-0.4, -0.2) is 20.6 Å². The van der Waals surface area contributed by atoms with E-state index in [1.54, 1.807) is 6.20 Å². The van der Waals surface area contributed by atoms with Crippen LogP contribution >= 0.6 is 15.9 Å². The smallest absolute Gasteiger partial charge is 0.0900 e. The van der Waals surface area contributed by atoms with Gasteiger partial charge in [-0.2, -0.15) is 0 Å². The number of anilines is 2. The minimum atomic E-state index is 0.399. The Morgan fingerprint density at radius 2 is 1.81 bits per heavy atom. The number of nitrogens with one attached hydrogen (secondary N) is 1. The molecule has 5 nitrogen and oxygen atoms in total. The molecule has 0 unspecified atom stereocenters. The molecule has 0 bridgehead atoms. The number of fused-ring (bicyclic) bond motifs is 2. The molecule has 2 aromatic carbocycles. The molecule has 0 atom stereocenters. The van der Waals surface area contributed by atoms with Gasteiger partial charge >= 0.3 is 0 Å². The summed E-state index contributed by atoms with van der Waals surface area (Å²) in [6.45, 7) is 0. The van der Waals surface area contributed by atoms with E-state index < -0.39 is 0 Å². The molecule has 0 saturated heterocycles. The Balaban J connectivity index is 1.64. The highest BCUT2D eigenvalue weighted by molar-refractivity contribution is 9.10. The quantitative estimate of drug-likeness (QED) is 0.315. The number of benzene rings is 3. The molecule has 6 heteroatoms. The van der Waals surface area contributed by atoms with E-state index in [2.05, 4.69) is 85.4 Å². The molecule has 156 valence electrons. The van der Waals surface area contributed by atoms with E-state index >= 15 is 0 Å². The monoisotopic (exact) mass is 481 g/mol. The highest BCUT2D eigenvalue weighted by atomic mass is 79.9. The van der Waals surface area contributed by atoms with Gasteiger partial charge in [-0.05, 0) is 73.5 Å². The van der Waals surface area contributed by atoms with E-state index in [9.17, 15) is 0 Å². The van der Waals surface area contributed by atoms with Gasteiger partial charge < -0.3 is 9.88 Å². The summed E-state index contributed by atoms with van der Waals surface area (Å²) in [4.78, 5) is 14.2. The van der Waals surface area contributed by atoms with Gasteiger partial charge in [0.05, 0.1) is 51.4 Å². The van der Waals surface area contributed by atoms with Gasteiger partial charge in [-0.1, -0.05) is 28.1 Å². The largest absolute Gasteiger partial charge is 0.352 e. The SMILES string of the molecule is Brc1ccc(-n2c3c/c(=N\C4CC4)c(Nc4cccnc4)cc-3nc3ccccc32)cc1. The first kappa shape index (κ1) is 19.2. The van der Waals surface area contributed by atoms with Crippen molar-refractivity contribution in [3.05, 3.63) is 95.0 Å². The second-order valence-electron chi connectivity index (χ2n) is 8.00. The van der Waals surface area contributed by atoms with Gasteiger partial charge in [-0.3, -0.25) is 9.98 Å². The first-order valence-electron chi connectivity index (χ1n) is 10.7. The first-order chi connectivity index (χ1) is 15.7. The lowest BCUT2D eigenvalue weighted by atomic mass is 10.1. The molecule has 1 aliphatic heterocycles. The van der Waals surface area contributed by atoms with Gasteiger partial charge in [-0.25, -0.2) is 4.98 Å². The van der Waals surface area contributed by atoms with E-state index in [0.717, 1.165) is 62.2 Å². The summed E-state index contributed by atoms with van der Waals surface area (Å²) in [5.74, 6) is 0. The van der Waals surface area contributed by atoms with E-state index in [1.807, 2.05) is 24.4 Å². The van der Waals surface area contributed by atoms with Gasteiger partial charge in [0.1, 0.15) is 0 Å². The third-order valence-corrected chi connectivity index (χ3v) is 6.12. The maximum atomic E-state index is 5.01. The molecule has 6 rings (SSSR count). The summed E-state index contributed by atoms with van der Waals surface area (Å²) in [6, 6.07) is 25.2. The van der Waals surface area contributed by atoms with Crippen molar-refractivity contribution < 1.29 is 0 Å².